The fourth-order valence-electron chi connectivity index (χ4n) is 2.26. The van der Waals surface area contributed by atoms with Crippen molar-refractivity contribution >= 4 is 45.9 Å². The van der Waals surface area contributed by atoms with Gasteiger partial charge in [0.15, 0.2) is 0 Å². The van der Waals surface area contributed by atoms with Gasteiger partial charge in [-0.25, -0.2) is 0 Å². The van der Waals surface area contributed by atoms with Crippen molar-refractivity contribution in [1.29, 1.82) is 0 Å². The molecule has 1 atom stereocenters. The number of pyridine rings is 1. The zero-order valence-electron chi connectivity index (χ0n) is 14.8. The van der Waals surface area contributed by atoms with Gasteiger partial charge in [0, 0.05) is 27.2 Å². The van der Waals surface area contributed by atoms with Gasteiger partial charge >= 0.3 is 0 Å². The van der Waals surface area contributed by atoms with Crippen molar-refractivity contribution < 1.29 is 18.4 Å². The van der Waals surface area contributed by atoms with Crippen LogP contribution in [0.1, 0.15) is 6.42 Å². The molecule has 0 unspecified atom stereocenters. The molecule has 1 amide bonds. The molecule has 0 aliphatic carbocycles. The highest BCUT2D eigenvalue weighted by Gasteiger charge is 2.28. The Hall–Kier alpha value is -2.07. The summed E-state index contributed by atoms with van der Waals surface area (Å²) in [7, 11) is 3.52. The lowest BCUT2D eigenvalue weighted by Gasteiger charge is -2.12. The molecule has 2 aromatic rings. The maximum atomic E-state index is 13.2. The molecule has 1 fully saturated rings. The molecule has 1 aliphatic heterocycles. The van der Waals surface area contributed by atoms with Crippen LogP contribution in [0.2, 0.25) is 5.15 Å². The minimum Gasteiger partial charge on any atom is -0.381 e. The van der Waals surface area contributed by atoms with Gasteiger partial charge in [-0.3, -0.25) is 9.48 Å². The van der Waals surface area contributed by atoms with Crippen LogP contribution in [-0.4, -0.2) is 52.5 Å². The van der Waals surface area contributed by atoms with E-state index in [4.69, 9.17) is 16.4 Å². The Morgan fingerprint density at radius 2 is 2.04 bits per heavy atom. The molecule has 11 heteroatoms. The number of hydrogen-bond donors (Lipinski definition) is 1. The first-order valence-corrected chi connectivity index (χ1v) is 8.89. The number of halogens is 4. The van der Waals surface area contributed by atoms with Crippen molar-refractivity contribution in [3.63, 3.8) is 0 Å². The number of carbonyl (C=O) groups is 2. The van der Waals surface area contributed by atoms with Crippen LogP contribution in [0.4, 0.5) is 14.5 Å². The number of rotatable bonds is 3. The van der Waals surface area contributed by atoms with E-state index in [2.05, 4.69) is 31.3 Å². The monoisotopic (exact) mass is 465 g/mol. The summed E-state index contributed by atoms with van der Waals surface area (Å²) < 4.78 is 28.2. The highest BCUT2D eigenvalue weighted by Crippen LogP contribution is 2.20. The summed E-state index contributed by atoms with van der Waals surface area (Å²) in [6.45, 7) is 3.06. The Labute approximate surface area is 168 Å². The molecule has 0 radical (unpaired) electrons. The van der Waals surface area contributed by atoms with Crippen LogP contribution in [0.15, 0.2) is 22.8 Å². The SMILES string of the molecule is C=O.CN1CC[C@@H](CNc2ccc(F)nc2F)C1=O.Cn1ncc(Br)c1Cl. The van der Waals surface area contributed by atoms with Crippen molar-refractivity contribution in [2.45, 2.75) is 6.42 Å². The molecule has 3 rings (SSSR count). The predicted octanol–water partition coefficient (Wildman–Crippen LogP) is 2.90. The summed E-state index contributed by atoms with van der Waals surface area (Å²) in [5.41, 5.74) is 0.119. The topological polar surface area (TPSA) is 80.1 Å². The van der Waals surface area contributed by atoms with Gasteiger partial charge in [-0.1, -0.05) is 11.6 Å². The number of amides is 1. The van der Waals surface area contributed by atoms with E-state index in [0.29, 0.717) is 11.7 Å². The number of likely N-dealkylation sites (tertiary alicyclic amines) is 1. The smallest absolute Gasteiger partial charge is 0.238 e. The Morgan fingerprint density at radius 3 is 2.44 bits per heavy atom. The predicted molar refractivity (Wildman–Crippen MR) is 101 cm³/mol. The maximum Gasteiger partial charge on any atom is 0.238 e. The second-order valence-electron chi connectivity index (χ2n) is 5.51. The molecule has 1 aliphatic rings. The quantitative estimate of drug-likeness (QED) is 0.704. The van der Waals surface area contributed by atoms with E-state index in [9.17, 15) is 13.6 Å². The van der Waals surface area contributed by atoms with Gasteiger partial charge < -0.3 is 15.0 Å². The van der Waals surface area contributed by atoms with E-state index in [1.807, 2.05) is 6.79 Å². The lowest BCUT2D eigenvalue weighted by Crippen LogP contribution is -2.26. The maximum absolute atomic E-state index is 13.2. The molecule has 2 aromatic heterocycles. The van der Waals surface area contributed by atoms with Gasteiger partial charge in [-0.15, -0.1) is 0 Å². The van der Waals surface area contributed by atoms with Gasteiger partial charge in [-0.05, 0) is 34.5 Å². The molecule has 148 valence electrons. The Bertz CT molecular complexity index is 758. The van der Waals surface area contributed by atoms with Crippen LogP contribution in [0.5, 0.6) is 0 Å². The lowest BCUT2D eigenvalue weighted by molar-refractivity contribution is -0.129. The molecule has 0 spiro atoms. The van der Waals surface area contributed by atoms with Crippen LogP contribution >= 0.6 is 27.5 Å². The van der Waals surface area contributed by atoms with Crippen LogP contribution in [0.3, 0.4) is 0 Å². The summed E-state index contributed by atoms with van der Waals surface area (Å²) in [5.74, 6) is -1.84. The second kappa shape index (κ2) is 10.9. The minimum absolute atomic E-state index is 0.0491. The normalized spacial score (nSPS) is 15.6. The summed E-state index contributed by atoms with van der Waals surface area (Å²) in [5, 5.41) is 7.26. The van der Waals surface area contributed by atoms with Crippen molar-refractivity contribution in [2.75, 3.05) is 25.5 Å². The molecule has 1 N–H and O–H groups in total. The summed E-state index contributed by atoms with van der Waals surface area (Å²) in [4.78, 5) is 24.3. The average molecular weight is 467 g/mol. The van der Waals surface area contributed by atoms with E-state index in [-0.39, 0.29) is 17.5 Å². The average Bonchev–Trinajstić information content (AvgIpc) is 3.13. The van der Waals surface area contributed by atoms with Gasteiger partial charge in [0.2, 0.25) is 17.8 Å². The Balaban J connectivity index is 0.000000305. The molecule has 0 bridgehead atoms. The number of nitrogens with one attached hydrogen (secondary N) is 1. The standard InChI is InChI=1S/C11H13F2N3O.C4H4BrClN2.CH2O/c1-16-5-4-7(11(16)17)6-14-8-2-3-9(12)15-10(8)13;1-8-4(6)3(5)2-7-8;1-2/h2-3,7,14H,4-6H2,1H3;2H,1H3;1H2/t7-;;/m0../s1. The second-order valence-corrected chi connectivity index (χ2v) is 6.72. The zero-order valence-corrected chi connectivity index (χ0v) is 17.1. The molecule has 27 heavy (non-hydrogen) atoms. The lowest BCUT2D eigenvalue weighted by atomic mass is 10.1. The first kappa shape index (κ1) is 23.0. The number of hydrogen-bond acceptors (Lipinski definition) is 5. The fourth-order valence-corrected chi connectivity index (χ4v) is 2.70. The van der Waals surface area contributed by atoms with Crippen molar-refractivity contribution in [1.82, 2.24) is 19.7 Å². The van der Waals surface area contributed by atoms with Crippen LogP contribution in [-0.2, 0) is 16.6 Å². The first-order chi connectivity index (χ1) is 12.8. The van der Waals surface area contributed by atoms with E-state index in [1.165, 1.54) is 6.07 Å². The number of carbonyl (C=O) groups excluding carboxylic acids is 2. The highest BCUT2D eigenvalue weighted by atomic mass is 79.9. The Morgan fingerprint density at radius 1 is 1.37 bits per heavy atom. The molecule has 1 saturated heterocycles. The fraction of sp³-hybridized carbons (Fsp3) is 0.375. The largest absolute Gasteiger partial charge is 0.381 e. The number of anilines is 1. The van der Waals surface area contributed by atoms with Gasteiger partial charge in [0.05, 0.1) is 22.3 Å². The van der Waals surface area contributed by atoms with E-state index < -0.39 is 11.9 Å². The van der Waals surface area contributed by atoms with Gasteiger partial charge in [-0.2, -0.15) is 18.9 Å². The summed E-state index contributed by atoms with van der Waals surface area (Å²) in [6, 6.07) is 2.36. The molecular formula is C16H19BrClF2N5O2. The molecular weight excluding hydrogens is 448 g/mol. The van der Waals surface area contributed by atoms with Crippen LogP contribution in [0, 0.1) is 17.8 Å². The van der Waals surface area contributed by atoms with E-state index >= 15 is 0 Å². The van der Waals surface area contributed by atoms with Crippen LogP contribution in [0.25, 0.3) is 0 Å². The van der Waals surface area contributed by atoms with Crippen molar-refractivity contribution in [2.24, 2.45) is 13.0 Å². The molecule has 7 nitrogen and oxygen atoms in total. The molecule has 0 aromatic carbocycles. The third kappa shape index (κ3) is 6.55. The van der Waals surface area contributed by atoms with Crippen LogP contribution < -0.4 is 5.32 Å². The third-order valence-corrected chi connectivity index (χ3v) is 4.97. The Kier molecular flexibility index (Phi) is 9.30. The molecule has 0 saturated carbocycles. The third-order valence-electron chi connectivity index (χ3n) is 3.72. The van der Waals surface area contributed by atoms with E-state index in [1.54, 1.807) is 29.9 Å². The van der Waals surface area contributed by atoms with Gasteiger partial charge in [0.1, 0.15) is 11.9 Å². The first-order valence-electron chi connectivity index (χ1n) is 7.72. The highest BCUT2D eigenvalue weighted by molar-refractivity contribution is 9.10. The van der Waals surface area contributed by atoms with Gasteiger partial charge in [0.25, 0.3) is 0 Å². The summed E-state index contributed by atoms with van der Waals surface area (Å²) in [6.07, 6.45) is 2.40. The van der Waals surface area contributed by atoms with Crippen molar-refractivity contribution in [3.05, 3.63) is 39.9 Å². The number of aromatic nitrogens is 3. The summed E-state index contributed by atoms with van der Waals surface area (Å²) >= 11 is 8.85. The number of aryl methyl sites for hydroxylation is 1. The van der Waals surface area contributed by atoms with Crippen molar-refractivity contribution in [3.8, 4) is 0 Å². The van der Waals surface area contributed by atoms with E-state index in [0.717, 1.165) is 23.5 Å². The zero-order chi connectivity index (χ0) is 20.6. The molecule has 3 heterocycles. The number of nitrogens with zero attached hydrogens (tertiary/aromatic N) is 4. The minimum atomic E-state index is -0.885.